The van der Waals surface area contributed by atoms with Crippen molar-refractivity contribution in [2.45, 2.75) is 12.8 Å². The molecular formula is C9H4BrF2N3. The minimum Gasteiger partial charge on any atom is -0.249 e. The first-order valence-electron chi connectivity index (χ1n) is 3.84. The van der Waals surface area contributed by atoms with Gasteiger partial charge in [-0.15, -0.1) is 0 Å². The second-order valence-corrected chi connectivity index (χ2v) is 3.45. The Morgan fingerprint density at radius 3 is 2.60 bits per heavy atom. The molecule has 1 aromatic rings. The van der Waals surface area contributed by atoms with Crippen LogP contribution in [0.15, 0.2) is 10.5 Å². The molecule has 0 amide bonds. The maximum absolute atomic E-state index is 12.4. The first-order chi connectivity index (χ1) is 7.10. The van der Waals surface area contributed by atoms with E-state index in [1.807, 2.05) is 6.07 Å². The van der Waals surface area contributed by atoms with Crippen molar-refractivity contribution in [1.29, 1.82) is 10.5 Å². The molecule has 0 spiro atoms. The van der Waals surface area contributed by atoms with E-state index in [2.05, 4.69) is 20.9 Å². The van der Waals surface area contributed by atoms with Gasteiger partial charge in [0.15, 0.2) is 0 Å². The van der Waals surface area contributed by atoms with Crippen LogP contribution in [-0.2, 0) is 6.42 Å². The lowest BCUT2D eigenvalue weighted by Crippen LogP contribution is -2.00. The van der Waals surface area contributed by atoms with E-state index in [1.165, 1.54) is 0 Å². The Balaban J connectivity index is 3.35. The molecule has 0 bridgehead atoms. The minimum absolute atomic E-state index is 0.0738. The van der Waals surface area contributed by atoms with Gasteiger partial charge in [-0.3, -0.25) is 0 Å². The molecule has 0 fully saturated rings. The predicted octanol–water partition coefficient (Wildman–Crippen LogP) is 2.72. The van der Waals surface area contributed by atoms with Crippen molar-refractivity contribution in [2.75, 3.05) is 0 Å². The van der Waals surface area contributed by atoms with E-state index in [0.29, 0.717) is 0 Å². The standard InChI is InChI=1S/C9H4BrF2N3/c10-6-3-8(9(11)12)15-7(1-2-13)5(6)4-14/h3,9H,1H2. The fourth-order valence-corrected chi connectivity index (χ4v) is 1.57. The van der Waals surface area contributed by atoms with Crippen LogP contribution in [0.2, 0.25) is 0 Å². The Labute approximate surface area is 93.1 Å². The van der Waals surface area contributed by atoms with Crippen LogP contribution in [0.4, 0.5) is 8.78 Å². The summed E-state index contributed by atoms with van der Waals surface area (Å²) in [5, 5.41) is 17.2. The molecule has 1 heterocycles. The number of hydrogen-bond donors (Lipinski definition) is 0. The van der Waals surface area contributed by atoms with Gasteiger partial charge in [-0.1, -0.05) is 0 Å². The molecule has 6 heteroatoms. The summed E-state index contributed by atoms with van der Waals surface area (Å²) in [6.07, 6.45) is -2.88. The zero-order valence-corrected chi connectivity index (χ0v) is 8.92. The third-order valence-electron chi connectivity index (χ3n) is 1.65. The molecule has 0 atom stereocenters. The molecule has 0 aliphatic rings. The van der Waals surface area contributed by atoms with Crippen LogP contribution >= 0.6 is 15.9 Å². The summed E-state index contributed by atoms with van der Waals surface area (Å²) in [4.78, 5) is 3.57. The summed E-state index contributed by atoms with van der Waals surface area (Å²) in [7, 11) is 0. The van der Waals surface area contributed by atoms with E-state index in [4.69, 9.17) is 10.5 Å². The van der Waals surface area contributed by atoms with Gasteiger partial charge < -0.3 is 0 Å². The van der Waals surface area contributed by atoms with Crippen LogP contribution < -0.4 is 0 Å². The molecule has 0 radical (unpaired) electrons. The quantitative estimate of drug-likeness (QED) is 0.831. The number of alkyl halides is 2. The van der Waals surface area contributed by atoms with Crippen molar-refractivity contribution in [2.24, 2.45) is 0 Å². The fourth-order valence-electron chi connectivity index (χ4n) is 1.02. The summed E-state index contributed by atoms with van der Waals surface area (Å²) in [6.45, 7) is 0. The van der Waals surface area contributed by atoms with Crippen LogP contribution in [-0.4, -0.2) is 4.98 Å². The average Bonchev–Trinajstić information content (AvgIpc) is 2.17. The van der Waals surface area contributed by atoms with Crippen LogP contribution in [0.25, 0.3) is 0 Å². The summed E-state index contributed by atoms with van der Waals surface area (Å²) in [6, 6.07) is 4.67. The zero-order chi connectivity index (χ0) is 11.4. The molecular weight excluding hydrogens is 268 g/mol. The third-order valence-corrected chi connectivity index (χ3v) is 2.27. The van der Waals surface area contributed by atoms with Crippen LogP contribution in [0.3, 0.4) is 0 Å². The fraction of sp³-hybridized carbons (Fsp3) is 0.222. The lowest BCUT2D eigenvalue weighted by Gasteiger charge is -2.05. The Bertz CT molecular complexity index is 460. The lowest BCUT2D eigenvalue weighted by atomic mass is 10.1. The molecule has 0 saturated carbocycles. The summed E-state index contributed by atoms with van der Waals surface area (Å²) < 4.78 is 24.9. The summed E-state index contributed by atoms with van der Waals surface area (Å²) in [5.41, 5.74) is -0.239. The minimum atomic E-state index is -2.72. The van der Waals surface area contributed by atoms with Crippen molar-refractivity contribution in [3.05, 3.63) is 27.5 Å². The second kappa shape index (κ2) is 4.81. The first-order valence-corrected chi connectivity index (χ1v) is 4.64. The number of pyridine rings is 1. The molecule has 1 rings (SSSR count). The van der Waals surface area contributed by atoms with Crippen molar-refractivity contribution >= 4 is 15.9 Å². The van der Waals surface area contributed by atoms with Gasteiger partial charge in [-0.2, -0.15) is 10.5 Å². The highest BCUT2D eigenvalue weighted by atomic mass is 79.9. The molecule has 0 aliphatic carbocycles. The molecule has 0 aliphatic heterocycles. The van der Waals surface area contributed by atoms with Gasteiger partial charge in [-0.05, 0) is 22.0 Å². The highest BCUT2D eigenvalue weighted by molar-refractivity contribution is 9.10. The first kappa shape index (κ1) is 11.5. The Hall–Kier alpha value is -1.53. The number of halogens is 3. The number of rotatable bonds is 2. The Kier molecular flexibility index (Phi) is 3.70. The molecule has 3 nitrogen and oxygen atoms in total. The summed E-state index contributed by atoms with van der Waals surface area (Å²) in [5.74, 6) is 0. The van der Waals surface area contributed by atoms with E-state index in [-0.39, 0.29) is 22.2 Å². The van der Waals surface area contributed by atoms with Crippen LogP contribution in [0, 0.1) is 22.7 Å². The Morgan fingerprint density at radius 2 is 2.13 bits per heavy atom. The number of aromatic nitrogens is 1. The summed E-state index contributed by atoms with van der Waals surface area (Å²) >= 11 is 2.99. The van der Waals surface area contributed by atoms with E-state index in [1.54, 1.807) is 6.07 Å². The van der Waals surface area contributed by atoms with E-state index in [0.717, 1.165) is 6.07 Å². The van der Waals surface area contributed by atoms with Gasteiger partial charge in [0, 0.05) is 4.47 Å². The topological polar surface area (TPSA) is 60.5 Å². The third kappa shape index (κ3) is 2.48. The normalized spacial score (nSPS) is 9.73. The smallest absolute Gasteiger partial charge is 0.249 e. The van der Waals surface area contributed by atoms with E-state index >= 15 is 0 Å². The molecule has 76 valence electrons. The maximum atomic E-state index is 12.4. The van der Waals surface area contributed by atoms with Crippen LogP contribution in [0.1, 0.15) is 23.4 Å². The lowest BCUT2D eigenvalue weighted by molar-refractivity contribution is 0.145. The van der Waals surface area contributed by atoms with Crippen molar-refractivity contribution < 1.29 is 8.78 Å². The molecule has 15 heavy (non-hydrogen) atoms. The average molecular weight is 272 g/mol. The number of hydrogen-bond acceptors (Lipinski definition) is 3. The monoisotopic (exact) mass is 271 g/mol. The second-order valence-electron chi connectivity index (χ2n) is 2.60. The molecule has 0 aromatic carbocycles. The number of nitrogens with zero attached hydrogens (tertiary/aromatic N) is 3. The van der Waals surface area contributed by atoms with E-state index < -0.39 is 12.1 Å². The largest absolute Gasteiger partial charge is 0.280 e. The van der Waals surface area contributed by atoms with Gasteiger partial charge in [0.05, 0.1) is 23.7 Å². The van der Waals surface area contributed by atoms with Crippen molar-refractivity contribution in [3.8, 4) is 12.1 Å². The molecule has 0 N–H and O–H groups in total. The molecule has 0 saturated heterocycles. The van der Waals surface area contributed by atoms with Crippen molar-refractivity contribution in [3.63, 3.8) is 0 Å². The maximum Gasteiger partial charge on any atom is 0.280 e. The molecule has 1 aromatic heterocycles. The highest BCUT2D eigenvalue weighted by Gasteiger charge is 2.15. The van der Waals surface area contributed by atoms with Crippen molar-refractivity contribution in [1.82, 2.24) is 4.98 Å². The number of nitriles is 2. The van der Waals surface area contributed by atoms with Gasteiger partial charge in [0.25, 0.3) is 6.43 Å². The predicted molar refractivity (Wildman–Crippen MR) is 50.9 cm³/mol. The SMILES string of the molecule is N#CCc1nc(C(F)F)cc(Br)c1C#N. The van der Waals surface area contributed by atoms with Gasteiger partial charge in [0.2, 0.25) is 0 Å². The van der Waals surface area contributed by atoms with Gasteiger partial charge >= 0.3 is 0 Å². The zero-order valence-electron chi connectivity index (χ0n) is 7.34. The van der Waals surface area contributed by atoms with E-state index in [9.17, 15) is 8.78 Å². The highest BCUT2D eigenvalue weighted by Crippen LogP contribution is 2.25. The van der Waals surface area contributed by atoms with Crippen LogP contribution in [0.5, 0.6) is 0 Å². The van der Waals surface area contributed by atoms with Gasteiger partial charge in [0.1, 0.15) is 11.8 Å². The Morgan fingerprint density at radius 1 is 1.47 bits per heavy atom. The molecule has 0 unspecified atom stereocenters. The van der Waals surface area contributed by atoms with Gasteiger partial charge in [-0.25, -0.2) is 13.8 Å².